The Balaban J connectivity index is 2.38. The maximum absolute atomic E-state index is 13.1. The van der Waals surface area contributed by atoms with Crippen molar-refractivity contribution in [2.45, 2.75) is 13.3 Å². The summed E-state index contributed by atoms with van der Waals surface area (Å²) in [5.74, 6) is -0.0595. The van der Waals surface area contributed by atoms with Gasteiger partial charge in [-0.15, -0.1) is 0 Å². The fourth-order valence-electron chi connectivity index (χ4n) is 2.01. The average Bonchev–Trinajstić information content (AvgIpc) is 2.28. The van der Waals surface area contributed by atoms with Gasteiger partial charge in [0.05, 0.1) is 5.70 Å². The van der Waals surface area contributed by atoms with Crippen molar-refractivity contribution in [3.63, 3.8) is 0 Å². The van der Waals surface area contributed by atoms with Crippen LogP contribution in [0.25, 0.3) is 5.70 Å². The van der Waals surface area contributed by atoms with E-state index in [1.54, 1.807) is 12.1 Å². The van der Waals surface area contributed by atoms with Crippen LogP contribution in [0.2, 0.25) is 0 Å². The summed E-state index contributed by atoms with van der Waals surface area (Å²) in [6, 6.07) is 6.02. The Morgan fingerprint density at radius 2 is 2.29 bits per heavy atom. The number of halogens is 1. The summed E-state index contributed by atoms with van der Waals surface area (Å²) >= 11 is 0. The van der Waals surface area contributed by atoms with Gasteiger partial charge in [0.1, 0.15) is 5.82 Å². The molecule has 0 spiro atoms. The molecule has 1 aromatic carbocycles. The van der Waals surface area contributed by atoms with Gasteiger partial charge in [-0.05, 0) is 24.5 Å². The van der Waals surface area contributed by atoms with Crippen LogP contribution < -0.4 is 0 Å². The van der Waals surface area contributed by atoms with E-state index in [4.69, 9.17) is 5.11 Å². The molecular weight excluding hydrogens is 221 g/mol. The van der Waals surface area contributed by atoms with Crippen LogP contribution in [0.3, 0.4) is 0 Å². The van der Waals surface area contributed by atoms with Gasteiger partial charge in [-0.2, -0.15) is 0 Å². The topological polar surface area (TPSA) is 40.5 Å². The summed E-state index contributed by atoms with van der Waals surface area (Å²) in [6.07, 6.45) is 1.68. The SMILES string of the molecule is CC1CC=C(c2cccc(F)c2)N(C(=O)O)C1. The van der Waals surface area contributed by atoms with Gasteiger partial charge in [-0.1, -0.05) is 25.1 Å². The van der Waals surface area contributed by atoms with Crippen LogP contribution in [0, 0.1) is 11.7 Å². The standard InChI is InChI=1S/C13H14FNO2/c1-9-5-6-12(15(8-9)13(16)17)10-3-2-4-11(14)7-10/h2-4,6-7,9H,5,8H2,1H3,(H,16,17). The van der Waals surface area contributed by atoms with Gasteiger partial charge in [0.2, 0.25) is 0 Å². The van der Waals surface area contributed by atoms with Crippen molar-refractivity contribution >= 4 is 11.8 Å². The Morgan fingerprint density at radius 3 is 2.94 bits per heavy atom. The third kappa shape index (κ3) is 2.46. The van der Waals surface area contributed by atoms with E-state index < -0.39 is 6.09 Å². The van der Waals surface area contributed by atoms with Crippen molar-refractivity contribution in [3.8, 4) is 0 Å². The molecule has 1 heterocycles. The molecule has 0 aliphatic carbocycles. The number of nitrogens with zero attached hydrogens (tertiary/aromatic N) is 1. The lowest BCUT2D eigenvalue weighted by Crippen LogP contribution is -2.34. The Bertz CT molecular complexity index is 470. The Hall–Kier alpha value is -1.84. The van der Waals surface area contributed by atoms with E-state index in [9.17, 15) is 9.18 Å². The fraction of sp³-hybridized carbons (Fsp3) is 0.308. The van der Waals surface area contributed by atoms with Crippen molar-refractivity contribution in [2.75, 3.05) is 6.54 Å². The lowest BCUT2D eigenvalue weighted by molar-refractivity contribution is 0.159. The van der Waals surface area contributed by atoms with Crippen LogP contribution in [0.4, 0.5) is 9.18 Å². The maximum Gasteiger partial charge on any atom is 0.411 e. The molecule has 1 aliphatic rings. The van der Waals surface area contributed by atoms with Gasteiger partial charge in [-0.3, -0.25) is 4.90 Å². The summed E-state index contributed by atoms with van der Waals surface area (Å²) in [5.41, 5.74) is 1.19. The van der Waals surface area contributed by atoms with E-state index in [0.717, 1.165) is 6.42 Å². The first-order chi connectivity index (χ1) is 8.08. The van der Waals surface area contributed by atoms with Crippen LogP contribution >= 0.6 is 0 Å². The fourth-order valence-corrected chi connectivity index (χ4v) is 2.01. The molecule has 3 nitrogen and oxygen atoms in total. The number of carbonyl (C=O) groups is 1. The highest BCUT2D eigenvalue weighted by Gasteiger charge is 2.24. The molecule has 17 heavy (non-hydrogen) atoms. The molecule has 1 aliphatic heterocycles. The van der Waals surface area contributed by atoms with E-state index in [1.807, 2.05) is 13.0 Å². The predicted molar refractivity (Wildman–Crippen MR) is 62.9 cm³/mol. The zero-order valence-electron chi connectivity index (χ0n) is 9.56. The van der Waals surface area contributed by atoms with Crippen LogP contribution in [0.1, 0.15) is 18.9 Å². The number of hydrogen-bond donors (Lipinski definition) is 1. The minimum atomic E-state index is -0.993. The third-order valence-corrected chi connectivity index (χ3v) is 2.85. The van der Waals surface area contributed by atoms with Gasteiger partial charge >= 0.3 is 6.09 Å². The Labute approximate surface area is 99.2 Å². The molecule has 0 bridgehead atoms. The highest BCUT2D eigenvalue weighted by atomic mass is 19.1. The number of allylic oxidation sites excluding steroid dienone is 1. The van der Waals surface area contributed by atoms with Crippen molar-refractivity contribution in [3.05, 3.63) is 41.7 Å². The summed E-state index contributed by atoms with van der Waals surface area (Å²) in [6.45, 7) is 2.45. The predicted octanol–water partition coefficient (Wildman–Crippen LogP) is 3.19. The zero-order valence-corrected chi connectivity index (χ0v) is 9.56. The first kappa shape index (κ1) is 11.6. The summed E-state index contributed by atoms with van der Waals surface area (Å²) in [7, 11) is 0. The maximum atomic E-state index is 13.1. The number of amides is 1. The number of carboxylic acid groups (broad SMARTS) is 1. The minimum Gasteiger partial charge on any atom is -0.465 e. The second-order valence-corrected chi connectivity index (χ2v) is 4.33. The number of benzene rings is 1. The third-order valence-electron chi connectivity index (χ3n) is 2.85. The smallest absolute Gasteiger partial charge is 0.411 e. The van der Waals surface area contributed by atoms with Gasteiger partial charge < -0.3 is 5.11 Å². The second kappa shape index (κ2) is 4.57. The number of rotatable bonds is 1. The molecule has 0 saturated heterocycles. The van der Waals surface area contributed by atoms with E-state index in [1.165, 1.54) is 17.0 Å². The lowest BCUT2D eigenvalue weighted by Gasteiger charge is -2.29. The van der Waals surface area contributed by atoms with E-state index in [0.29, 0.717) is 23.7 Å². The van der Waals surface area contributed by atoms with Crippen molar-refractivity contribution in [1.82, 2.24) is 4.90 Å². The van der Waals surface area contributed by atoms with E-state index in [-0.39, 0.29) is 5.82 Å². The molecule has 0 radical (unpaired) electrons. The molecular formula is C13H14FNO2. The molecule has 1 amide bonds. The van der Waals surface area contributed by atoms with Gasteiger partial charge in [0.15, 0.2) is 0 Å². The van der Waals surface area contributed by atoms with E-state index >= 15 is 0 Å². The molecule has 1 aromatic rings. The first-order valence-electron chi connectivity index (χ1n) is 5.54. The average molecular weight is 235 g/mol. The molecule has 2 rings (SSSR count). The molecule has 1 unspecified atom stereocenters. The monoisotopic (exact) mass is 235 g/mol. The summed E-state index contributed by atoms with van der Waals surface area (Å²) in [4.78, 5) is 12.4. The van der Waals surface area contributed by atoms with Crippen molar-refractivity contribution in [2.24, 2.45) is 5.92 Å². The first-order valence-corrected chi connectivity index (χ1v) is 5.54. The van der Waals surface area contributed by atoms with Crippen molar-refractivity contribution < 1.29 is 14.3 Å². The van der Waals surface area contributed by atoms with Crippen LogP contribution in [-0.4, -0.2) is 22.6 Å². The molecule has 90 valence electrons. The van der Waals surface area contributed by atoms with Crippen LogP contribution in [0.15, 0.2) is 30.3 Å². The van der Waals surface area contributed by atoms with Crippen LogP contribution in [0.5, 0.6) is 0 Å². The Kier molecular flexibility index (Phi) is 3.13. The molecule has 0 saturated carbocycles. The Morgan fingerprint density at radius 1 is 1.53 bits per heavy atom. The molecule has 0 aromatic heterocycles. The summed E-state index contributed by atoms with van der Waals surface area (Å²) < 4.78 is 13.1. The largest absolute Gasteiger partial charge is 0.465 e. The second-order valence-electron chi connectivity index (χ2n) is 4.33. The molecule has 1 N–H and O–H groups in total. The highest BCUT2D eigenvalue weighted by molar-refractivity contribution is 5.81. The number of hydrogen-bond acceptors (Lipinski definition) is 1. The van der Waals surface area contributed by atoms with E-state index in [2.05, 4.69) is 0 Å². The lowest BCUT2D eigenvalue weighted by atomic mass is 9.98. The summed E-state index contributed by atoms with van der Waals surface area (Å²) in [5, 5.41) is 9.15. The quantitative estimate of drug-likeness (QED) is 0.812. The van der Waals surface area contributed by atoms with Gasteiger partial charge in [0, 0.05) is 12.1 Å². The molecule has 0 fully saturated rings. The minimum absolute atomic E-state index is 0.295. The van der Waals surface area contributed by atoms with Crippen LogP contribution in [-0.2, 0) is 0 Å². The van der Waals surface area contributed by atoms with Gasteiger partial charge in [-0.25, -0.2) is 9.18 Å². The highest BCUT2D eigenvalue weighted by Crippen LogP contribution is 2.27. The zero-order chi connectivity index (χ0) is 12.4. The molecule has 4 heteroatoms. The van der Waals surface area contributed by atoms with Crippen molar-refractivity contribution in [1.29, 1.82) is 0 Å². The van der Waals surface area contributed by atoms with Gasteiger partial charge in [0.25, 0.3) is 0 Å². The normalized spacial score (nSPS) is 20.0. The molecule has 1 atom stereocenters.